The third kappa shape index (κ3) is 3.45. The summed E-state index contributed by atoms with van der Waals surface area (Å²) >= 11 is 0. The Morgan fingerprint density at radius 2 is 1.97 bits per heavy atom. The number of hydrogen-bond acceptors (Lipinski definition) is 5. The molecule has 204 valence electrons. The number of rotatable bonds is 4. The molecule has 2 aliphatic heterocycles. The zero-order valence-corrected chi connectivity index (χ0v) is 23.5. The first-order valence-corrected chi connectivity index (χ1v) is 14.5. The van der Waals surface area contributed by atoms with Crippen LogP contribution in [0.1, 0.15) is 54.4 Å². The number of aryl methyl sites for hydroxylation is 1. The number of aromatic hydroxyl groups is 1. The maximum Gasteiger partial charge on any atom is 0.298 e. The summed E-state index contributed by atoms with van der Waals surface area (Å²) in [5.74, 6) is 7.50. The molecule has 7 rings (SSSR count). The maximum atomic E-state index is 13.5. The van der Waals surface area contributed by atoms with E-state index >= 15 is 0 Å². The van der Waals surface area contributed by atoms with Crippen LogP contribution in [0.2, 0.25) is 0 Å². The molecule has 2 bridgehead atoms. The van der Waals surface area contributed by atoms with Gasteiger partial charge in [-0.2, -0.15) is 0 Å². The molecule has 0 unspecified atom stereocenters. The number of amides is 1. The van der Waals surface area contributed by atoms with Crippen LogP contribution in [0.5, 0.6) is 11.5 Å². The normalized spacial score (nSPS) is 32.2. The molecule has 3 fully saturated rings. The number of phenols is 1. The maximum absolute atomic E-state index is 13.5. The summed E-state index contributed by atoms with van der Waals surface area (Å²) in [6.45, 7) is 4.24. The van der Waals surface area contributed by atoms with Crippen LogP contribution in [0, 0.1) is 24.7 Å². The summed E-state index contributed by atoms with van der Waals surface area (Å²) in [7, 11) is 6.36. The number of likely N-dealkylation sites (N-methyl/N-ethyl adjacent to an activating group) is 2. The first-order valence-electron chi connectivity index (χ1n) is 14.5. The second-order valence-corrected chi connectivity index (χ2v) is 12.8. The predicted octanol–water partition coefficient (Wildman–Crippen LogP) is 3.71. The second-order valence-electron chi connectivity index (χ2n) is 12.8. The molecular weight excluding hydrogens is 486 g/mol. The smallest absolute Gasteiger partial charge is 0.298 e. The molecule has 3 aliphatic carbocycles. The molecule has 39 heavy (non-hydrogen) atoms. The highest BCUT2D eigenvalue weighted by Crippen LogP contribution is 2.67. The lowest BCUT2D eigenvalue weighted by atomic mass is 9.46. The molecule has 2 saturated carbocycles. The molecule has 0 radical (unpaired) electrons. The largest absolute Gasteiger partial charge is 0.504 e. The second kappa shape index (κ2) is 8.74. The van der Waals surface area contributed by atoms with Gasteiger partial charge < -0.3 is 19.6 Å². The molecule has 1 N–H and O–H groups in total. The van der Waals surface area contributed by atoms with Crippen LogP contribution in [0.15, 0.2) is 36.4 Å². The van der Waals surface area contributed by atoms with Crippen LogP contribution in [-0.4, -0.2) is 83.7 Å². The molecule has 2 aromatic rings. The Morgan fingerprint density at radius 3 is 2.72 bits per heavy atom. The van der Waals surface area contributed by atoms with Crippen LogP contribution < -0.4 is 4.74 Å². The standard InChI is InChI=1S/C33H39N3O3/c1-21-6-5-7-22(18-21)10-13-28(38)35(4)25-14-15-33(34(2)3)27-19-24-11-12-26(37)30-29(24)32(33,31(25)39-30)16-17-36(27)20-23-8-9-23/h5-7,11-12,18,23,25,27,31,37H,8-9,14-17,19-20H2,1-4H3/t25-,27-,31+,32+,33-/m1/s1. The number of ether oxygens (including phenoxy) is 1. The molecule has 1 saturated heterocycles. The van der Waals surface area contributed by atoms with E-state index in [9.17, 15) is 9.90 Å². The minimum absolute atomic E-state index is 0.120. The van der Waals surface area contributed by atoms with Crippen molar-refractivity contribution in [3.63, 3.8) is 0 Å². The number of likely N-dealkylation sites (tertiary alicyclic amines) is 1. The summed E-state index contributed by atoms with van der Waals surface area (Å²) in [5, 5.41) is 11.0. The van der Waals surface area contributed by atoms with E-state index in [0.717, 1.165) is 49.3 Å². The van der Waals surface area contributed by atoms with E-state index in [1.54, 1.807) is 0 Å². The van der Waals surface area contributed by atoms with E-state index in [-0.39, 0.29) is 34.8 Å². The summed E-state index contributed by atoms with van der Waals surface area (Å²) in [6.07, 6.45) is 6.24. The highest BCUT2D eigenvalue weighted by molar-refractivity contribution is 5.94. The van der Waals surface area contributed by atoms with Crippen molar-refractivity contribution in [3.8, 4) is 23.3 Å². The summed E-state index contributed by atoms with van der Waals surface area (Å²) in [5.41, 5.74) is 4.08. The average Bonchev–Trinajstić information content (AvgIpc) is 3.67. The van der Waals surface area contributed by atoms with Crippen molar-refractivity contribution in [2.75, 3.05) is 34.2 Å². The molecule has 2 heterocycles. The molecule has 6 heteroatoms. The summed E-state index contributed by atoms with van der Waals surface area (Å²) in [6, 6.07) is 12.1. The number of carbonyl (C=O) groups is 1. The minimum Gasteiger partial charge on any atom is -0.504 e. The molecule has 0 aromatic heterocycles. The Morgan fingerprint density at radius 1 is 1.15 bits per heavy atom. The first-order chi connectivity index (χ1) is 18.8. The topological polar surface area (TPSA) is 56.2 Å². The van der Waals surface area contributed by atoms with Gasteiger partial charge in [-0.05, 0) is 101 Å². The highest BCUT2D eigenvalue weighted by Gasteiger charge is 2.74. The Bertz CT molecular complexity index is 1400. The first kappa shape index (κ1) is 25.0. The number of benzene rings is 2. The van der Waals surface area contributed by atoms with Gasteiger partial charge in [0.2, 0.25) is 0 Å². The fourth-order valence-electron chi connectivity index (χ4n) is 8.86. The molecule has 1 spiro atoms. The van der Waals surface area contributed by atoms with Crippen LogP contribution in [-0.2, 0) is 16.6 Å². The predicted molar refractivity (Wildman–Crippen MR) is 151 cm³/mol. The van der Waals surface area contributed by atoms with Crippen LogP contribution in [0.4, 0.5) is 0 Å². The van der Waals surface area contributed by atoms with Gasteiger partial charge in [0.1, 0.15) is 6.10 Å². The summed E-state index contributed by atoms with van der Waals surface area (Å²) < 4.78 is 6.84. The molecule has 2 aromatic carbocycles. The highest BCUT2D eigenvalue weighted by atomic mass is 16.5. The summed E-state index contributed by atoms with van der Waals surface area (Å²) in [4.78, 5) is 20.6. The van der Waals surface area contributed by atoms with E-state index in [0.29, 0.717) is 11.8 Å². The van der Waals surface area contributed by atoms with E-state index < -0.39 is 0 Å². The fraction of sp³-hybridized carbons (Fsp3) is 0.545. The van der Waals surface area contributed by atoms with Gasteiger partial charge in [0, 0.05) is 42.2 Å². The molecular formula is C33H39N3O3. The van der Waals surface area contributed by atoms with Crippen molar-refractivity contribution in [3.05, 3.63) is 58.7 Å². The quantitative estimate of drug-likeness (QED) is 0.617. The van der Waals surface area contributed by atoms with Crippen LogP contribution in [0.3, 0.4) is 0 Å². The van der Waals surface area contributed by atoms with Gasteiger partial charge in [0.05, 0.1) is 11.5 Å². The number of carbonyl (C=O) groups excluding carboxylic acids is 1. The Kier molecular flexibility index (Phi) is 5.60. The lowest BCUT2D eigenvalue weighted by molar-refractivity contribution is -0.160. The van der Waals surface area contributed by atoms with Crippen molar-refractivity contribution < 1.29 is 14.6 Å². The Balaban J connectivity index is 1.30. The third-order valence-electron chi connectivity index (χ3n) is 10.7. The average molecular weight is 526 g/mol. The Labute approximate surface area is 231 Å². The lowest BCUT2D eigenvalue weighted by Gasteiger charge is -2.69. The number of phenolic OH excluding ortho intramolecular Hbond substituents is 1. The van der Waals surface area contributed by atoms with Crippen molar-refractivity contribution in [1.82, 2.24) is 14.7 Å². The van der Waals surface area contributed by atoms with Gasteiger partial charge in [-0.25, -0.2) is 0 Å². The molecule has 5 atom stereocenters. The monoisotopic (exact) mass is 525 g/mol. The van der Waals surface area contributed by atoms with Crippen molar-refractivity contribution in [1.29, 1.82) is 0 Å². The molecule has 1 amide bonds. The van der Waals surface area contributed by atoms with Gasteiger partial charge in [-0.1, -0.05) is 24.1 Å². The fourth-order valence-corrected chi connectivity index (χ4v) is 8.86. The molecule has 5 aliphatic rings. The van der Waals surface area contributed by atoms with E-state index in [4.69, 9.17) is 4.74 Å². The van der Waals surface area contributed by atoms with Gasteiger partial charge in [0.15, 0.2) is 11.5 Å². The van der Waals surface area contributed by atoms with Crippen molar-refractivity contribution >= 4 is 5.91 Å². The number of hydrogen-bond donors (Lipinski definition) is 1. The number of piperidine rings is 1. The van der Waals surface area contributed by atoms with Crippen molar-refractivity contribution in [2.45, 2.75) is 74.6 Å². The lowest BCUT2D eigenvalue weighted by Crippen LogP contribution is -2.82. The van der Waals surface area contributed by atoms with Gasteiger partial charge in [-0.15, -0.1) is 0 Å². The van der Waals surface area contributed by atoms with Gasteiger partial charge in [-0.3, -0.25) is 9.69 Å². The zero-order valence-electron chi connectivity index (χ0n) is 23.5. The third-order valence-corrected chi connectivity index (χ3v) is 10.7. The zero-order chi connectivity index (χ0) is 27.1. The van der Waals surface area contributed by atoms with E-state index in [1.165, 1.54) is 30.5 Å². The van der Waals surface area contributed by atoms with E-state index in [2.05, 4.69) is 41.8 Å². The van der Waals surface area contributed by atoms with Crippen LogP contribution in [0.25, 0.3) is 0 Å². The SMILES string of the molecule is Cc1cccc(C#CC(=O)N(C)[C@@H]2CC[C@@]3(N(C)C)[C@H]4Cc5ccc(O)c6c5[C@@]3(CCN4CC3CC3)[C@H]2O6)c1. The van der Waals surface area contributed by atoms with Gasteiger partial charge >= 0.3 is 0 Å². The van der Waals surface area contributed by atoms with Crippen molar-refractivity contribution in [2.24, 2.45) is 5.92 Å². The minimum atomic E-state index is -0.287. The Hall–Kier alpha value is -3.01. The number of nitrogens with zero attached hydrogens (tertiary/aromatic N) is 3. The van der Waals surface area contributed by atoms with E-state index in [1.807, 2.05) is 49.2 Å². The molecule has 6 nitrogen and oxygen atoms in total. The van der Waals surface area contributed by atoms with Gasteiger partial charge in [0.25, 0.3) is 5.91 Å². The van der Waals surface area contributed by atoms with Crippen LogP contribution >= 0.6 is 0 Å².